The Morgan fingerprint density at radius 2 is 2.00 bits per heavy atom. The van der Waals surface area contributed by atoms with Gasteiger partial charge in [0, 0.05) is 12.0 Å². The Hall–Kier alpha value is -1.05. The van der Waals surface area contributed by atoms with Crippen LogP contribution in [0.2, 0.25) is 5.02 Å². The zero-order valence-electron chi connectivity index (χ0n) is 10.4. The predicted molar refractivity (Wildman–Crippen MR) is 74.3 cm³/mol. The molecule has 3 nitrogen and oxygen atoms in total. The van der Waals surface area contributed by atoms with Gasteiger partial charge < -0.3 is 15.2 Å². The summed E-state index contributed by atoms with van der Waals surface area (Å²) in [7, 11) is 0. The van der Waals surface area contributed by atoms with Gasteiger partial charge in [-0.25, -0.2) is 0 Å². The summed E-state index contributed by atoms with van der Waals surface area (Å²) in [5.74, 6) is 0.492. The van der Waals surface area contributed by atoms with E-state index in [9.17, 15) is 13.2 Å². The molecule has 1 aromatic carbocycles. The van der Waals surface area contributed by atoms with E-state index in [1.807, 2.05) is 0 Å². The number of hydrogen-bond acceptors (Lipinski definition) is 3. The fourth-order valence-corrected chi connectivity index (χ4v) is 1.83. The molecule has 0 amide bonds. The van der Waals surface area contributed by atoms with E-state index < -0.39 is 12.8 Å². The van der Waals surface area contributed by atoms with E-state index in [-0.39, 0.29) is 18.2 Å². The molecule has 20 heavy (non-hydrogen) atoms. The Labute approximate surface area is 124 Å². The van der Waals surface area contributed by atoms with Crippen molar-refractivity contribution in [1.29, 1.82) is 0 Å². The predicted octanol–water partition coefficient (Wildman–Crippen LogP) is 3.32. The van der Waals surface area contributed by atoms with Crippen molar-refractivity contribution >= 4 is 28.8 Å². The summed E-state index contributed by atoms with van der Waals surface area (Å²) in [5.41, 5.74) is 6.00. The van der Waals surface area contributed by atoms with Crippen LogP contribution in [-0.4, -0.2) is 31.0 Å². The van der Waals surface area contributed by atoms with Crippen molar-refractivity contribution in [2.75, 3.05) is 19.8 Å². The number of thiocarbonyl (C=S) groups is 1. The molecule has 0 fully saturated rings. The first-order valence-electron chi connectivity index (χ1n) is 5.66. The normalized spacial score (nSPS) is 11.4. The first kappa shape index (κ1) is 17.0. The van der Waals surface area contributed by atoms with Crippen LogP contribution in [-0.2, 0) is 4.74 Å². The third-order valence-electron chi connectivity index (χ3n) is 2.17. The largest absolute Gasteiger partial charge is 0.493 e. The van der Waals surface area contributed by atoms with E-state index >= 15 is 0 Å². The van der Waals surface area contributed by atoms with E-state index in [1.165, 1.54) is 0 Å². The Balaban J connectivity index is 2.29. The molecular formula is C12H13ClF3NO2S. The van der Waals surface area contributed by atoms with Crippen LogP contribution in [0, 0.1) is 0 Å². The smallest absolute Gasteiger partial charge is 0.411 e. The lowest BCUT2D eigenvalue weighted by molar-refractivity contribution is -0.174. The van der Waals surface area contributed by atoms with Crippen LogP contribution in [0.1, 0.15) is 12.0 Å². The molecule has 0 radical (unpaired) electrons. The van der Waals surface area contributed by atoms with Crippen LogP contribution < -0.4 is 10.5 Å². The molecule has 1 rings (SSSR count). The minimum absolute atomic E-state index is 0.0296. The molecular weight excluding hydrogens is 315 g/mol. The molecule has 0 aromatic heterocycles. The fraction of sp³-hybridized carbons (Fsp3) is 0.417. The Morgan fingerprint density at radius 3 is 2.55 bits per heavy atom. The van der Waals surface area contributed by atoms with Gasteiger partial charge in [0.05, 0.1) is 18.2 Å². The van der Waals surface area contributed by atoms with Crippen LogP contribution in [0.3, 0.4) is 0 Å². The van der Waals surface area contributed by atoms with Crippen molar-refractivity contribution in [3.8, 4) is 5.75 Å². The van der Waals surface area contributed by atoms with Crippen LogP contribution in [0.15, 0.2) is 18.2 Å². The standard InChI is InChI=1S/C12H13ClF3NO2S/c13-10-6-8(2-3-9(10)11(17)20)19-5-1-4-18-7-12(14,15)16/h2-3,6H,1,4-5,7H2,(H2,17,20). The van der Waals surface area contributed by atoms with Gasteiger partial charge in [0.25, 0.3) is 0 Å². The zero-order chi connectivity index (χ0) is 15.2. The first-order valence-corrected chi connectivity index (χ1v) is 6.45. The van der Waals surface area contributed by atoms with E-state index in [2.05, 4.69) is 4.74 Å². The lowest BCUT2D eigenvalue weighted by Crippen LogP contribution is -2.18. The van der Waals surface area contributed by atoms with Gasteiger partial charge in [0.1, 0.15) is 17.3 Å². The molecule has 2 N–H and O–H groups in total. The number of ether oxygens (including phenoxy) is 2. The summed E-state index contributed by atoms with van der Waals surface area (Å²) in [6.45, 7) is -1.06. The van der Waals surface area contributed by atoms with Gasteiger partial charge in [-0.15, -0.1) is 0 Å². The van der Waals surface area contributed by atoms with Gasteiger partial charge in [-0.2, -0.15) is 13.2 Å². The van der Waals surface area contributed by atoms with Crippen LogP contribution >= 0.6 is 23.8 Å². The maximum absolute atomic E-state index is 11.8. The SMILES string of the molecule is NC(=S)c1ccc(OCCCOCC(F)(F)F)cc1Cl. The maximum Gasteiger partial charge on any atom is 0.411 e. The Kier molecular flexibility index (Phi) is 6.51. The molecule has 0 saturated carbocycles. The maximum atomic E-state index is 11.8. The highest BCUT2D eigenvalue weighted by Crippen LogP contribution is 2.22. The van der Waals surface area contributed by atoms with Crippen molar-refractivity contribution in [2.24, 2.45) is 5.73 Å². The summed E-state index contributed by atoms with van der Waals surface area (Å²) in [6.07, 6.45) is -3.96. The molecule has 112 valence electrons. The second-order valence-corrected chi connectivity index (χ2v) is 4.72. The topological polar surface area (TPSA) is 44.5 Å². The van der Waals surface area contributed by atoms with E-state index in [1.54, 1.807) is 18.2 Å². The lowest BCUT2D eigenvalue weighted by atomic mass is 10.2. The number of hydrogen-bond donors (Lipinski definition) is 1. The molecule has 0 atom stereocenters. The van der Waals surface area contributed by atoms with Gasteiger partial charge >= 0.3 is 6.18 Å². The third kappa shape index (κ3) is 6.40. The number of nitrogens with two attached hydrogens (primary N) is 1. The summed E-state index contributed by atoms with van der Waals surface area (Å²) in [6, 6.07) is 4.81. The molecule has 0 saturated heterocycles. The van der Waals surface area contributed by atoms with Gasteiger partial charge in [0.15, 0.2) is 0 Å². The van der Waals surface area contributed by atoms with Crippen LogP contribution in [0.4, 0.5) is 13.2 Å². The zero-order valence-corrected chi connectivity index (χ0v) is 11.9. The Morgan fingerprint density at radius 1 is 1.30 bits per heavy atom. The van der Waals surface area contributed by atoms with E-state index in [4.69, 9.17) is 34.3 Å². The Bertz CT molecular complexity index is 469. The van der Waals surface area contributed by atoms with Gasteiger partial charge in [0.2, 0.25) is 0 Å². The van der Waals surface area contributed by atoms with Crippen molar-refractivity contribution in [3.63, 3.8) is 0 Å². The van der Waals surface area contributed by atoms with Gasteiger partial charge in [-0.05, 0) is 18.2 Å². The van der Waals surface area contributed by atoms with Crippen molar-refractivity contribution in [3.05, 3.63) is 28.8 Å². The minimum atomic E-state index is -4.30. The molecule has 8 heteroatoms. The highest BCUT2D eigenvalue weighted by atomic mass is 35.5. The number of halogens is 4. The molecule has 0 unspecified atom stereocenters. The van der Waals surface area contributed by atoms with Gasteiger partial charge in [-0.1, -0.05) is 23.8 Å². The second kappa shape index (κ2) is 7.66. The third-order valence-corrected chi connectivity index (χ3v) is 2.71. The number of alkyl halides is 3. The molecule has 1 aromatic rings. The molecule has 0 aliphatic rings. The lowest BCUT2D eigenvalue weighted by Gasteiger charge is -2.10. The summed E-state index contributed by atoms with van der Waals surface area (Å²) >= 11 is 10.7. The van der Waals surface area contributed by atoms with Crippen molar-refractivity contribution in [1.82, 2.24) is 0 Å². The van der Waals surface area contributed by atoms with Crippen LogP contribution in [0.25, 0.3) is 0 Å². The molecule has 0 heterocycles. The summed E-state index contributed by atoms with van der Waals surface area (Å²) < 4.78 is 45.1. The summed E-state index contributed by atoms with van der Waals surface area (Å²) in [5, 5.41) is 0.364. The fourth-order valence-electron chi connectivity index (χ4n) is 1.32. The van der Waals surface area contributed by atoms with Crippen molar-refractivity contribution < 1.29 is 22.6 Å². The average molecular weight is 328 g/mol. The quantitative estimate of drug-likeness (QED) is 0.616. The number of rotatable bonds is 7. The molecule has 0 bridgehead atoms. The first-order chi connectivity index (χ1) is 9.29. The molecule has 0 aliphatic heterocycles. The second-order valence-electron chi connectivity index (χ2n) is 3.88. The molecule has 0 aliphatic carbocycles. The average Bonchev–Trinajstić information content (AvgIpc) is 2.32. The highest BCUT2D eigenvalue weighted by Gasteiger charge is 2.27. The van der Waals surface area contributed by atoms with E-state index in [0.717, 1.165) is 0 Å². The summed E-state index contributed by atoms with van der Waals surface area (Å²) in [4.78, 5) is 0.183. The van der Waals surface area contributed by atoms with E-state index in [0.29, 0.717) is 22.8 Å². The minimum Gasteiger partial charge on any atom is -0.493 e. The van der Waals surface area contributed by atoms with Crippen molar-refractivity contribution in [2.45, 2.75) is 12.6 Å². The van der Waals surface area contributed by atoms with Crippen LogP contribution in [0.5, 0.6) is 5.75 Å². The number of benzene rings is 1. The molecule has 0 spiro atoms. The highest BCUT2D eigenvalue weighted by molar-refractivity contribution is 7.80. The van der Waals surface area contributed by atoms with Gasteiger partial charge in [-0.3, -0.25) is 0 Å². The monoisotopic (exact) mass is 327 g/mol.